The van der Waals surface area contributed by atoms with Crippen LogP contribution in [0.1, 0.15) is 24.2 Å². The fourth-order valence-corrected chi connectivity index (χ4v) is 2.37. The largest absolute Gasteiger partial charge is 0.496 e. The number of rotatable bonds is 5. The molecule has 0 aliphatic carbocycles. The lowest BCUT2D eigenvalue weighted by atomic mass is 10.0. The van der Waals surface area contributed by atoms with E-state index < -0.39 is 0 Å². The summed E-state index contributed by atoms with van der Waals surface area (Å²) in [5.41, 5.74) is 2.73. The minimum absolute atomic E-state index is 0.00892. The number of carbonyl (C=O) groups is 1. The molecule has 0 spiro atoms. The summed E-state index contributed by atoms with van der Waals surface area (Å²) in [6.07, 6.45) is 0. The number of ether oxygens (including phenoxy) is 1. The van der Waals surface area contributed by atoms with Crippen molar-refractivity contribution in [3.63, 3.8) is 0 Å². The Morgan fingerprint density at radius 3 is 2.24 bits per heavy atom. The number of methoxy groups -OCH3 is 1. The Balaban J connectivity index is 2.46. The van der Waals surface area contributed by atoms with Crippen LogP contribution in [0.3, 0.4) is 0 Å². The zero-order chi connectivity index (χ0) is 15.2. The van der Waals surface area contributed by atoms with Gasteiger partial charge in [-0.3, -0.25) is 4.79 Å². The van der Waals surface area contributed by atoms with Gasteiger partial charge >= 0.3 is 0 Å². The Labute approximate surface area is 126 Å². The molecule has 2 aromatic rings. The van der Waals surface area contributed by atoms with Crippen molar-refractivity contribution >= 4 is 5.91 Å². The van der Waals surface area contributed by atoms with Gasteiger partial charge in [0, 0.05) is 13.1 Å². The molecule has 0 aliphatic heterocycles. The van der Waals surface area contributed by atoms with E-state index in [4.69, 9.17) is 4.74 Å². The van der Waals surface area contributed by atoms with Crippen molar-refractivity contribution in [3.05, 3.63) is 54.1 Å². The van der Waals surface area contributed by atoms with Gasteiger partial charge in [-0.15, -0.1) is 0 Å². The highest BCUT2D eigenvalue weighted by atomic mass is 16.5. The fraction of sp³-hybridized carbons (Fsp3) is 0.278. The van der Waals surface area contributed by atoms with E-state index in [1.807, 2.05) is 62.4 Å². The fourth-order valence-electron chi connectivity index (χ4n) is 2.37. The molecule has 21 heavy (non-hydrogen) atoms. The van der Waals surface area contributed by atoms with Crippen LogP contribution >= 0.6 is 0 Å². The third-order valence-electron chi connectivity index (χ3n) is 3.59. The van der Waals surface area contributed by atoms with Crippen LogP contribution in [0.25, 0.3) is 11.1 Å². The van der Waals surface area contributed by atoms with Crippen molar-refractivity contribution in [1.82, 2.24) is 4.90 Å². The molecule has 2 rings (SSSR count). The number of nitrogens with zero attached hydrogens (tertiary/aromatic N) is 1. The van der Waals surface area contributed by atoms with Gasteiger partial charge < -0.3 is 9.64 Å². The number of benzene rings is 2. The molecule has 0 fully saturated rings. The molecule has 0 heterocycles. The molecule has 0 atom stereocenters. The SMILES string of the molecule is CCN(CC)C(=O)c1cc(-c2ccccc2)ccc1OC. The number of hydrogen-bond donors (Lipinski definition) is 0. The van der Waals surface area contributed by atoms with Crippen LogP contribution in [0.2, 0.25) is 0 Å². The minimum Gasteiger partial charge on any atom is -0.496 e. The molecule has 2 aromatic carbocycles. The molecule has 3 nitrogen and oxygen atoms in total. The smallest absolute Gasteiger partial charge is 0.257 e. The third kappa shape index (κ3) is 3.24. The Morgan fingerprint density at radius 1 is 1.00 bits per heavy atom. The van der Waals surface area contributed by atoms with Crippen LogP contribution in [0, 0.1) is 0 Å². The second kappa shape index (κ2) is 6.93. The second-order valence-electron chi connectivity index (χ2n) is 4.76. The molecule has 0 bridgehead atoms. The molecular weight excluding hydrogens is 262 g/mol. The first kappa shape index (κ1) is 15.1. The van der Waals surface area contributed by atoms with Crippen LogP contribution in [0.5, 0.6) is 5.75 Å². The molecule has 0 aromatic heterocycles. The molecule has 0 aliphatic rings. The van der Waals surface area contributed by atoms with Gasteiger partial charge in [0.05, 0.1) is 12.7 Å². The molecule has 3 heteroatoms. The lowest BCUT2D eigenvalue weighted by molar-refractivity contribution is 0.0769. The molecule has 0 saturated carbocycles. The zero-order valence-corrected chi connectivity index (χ0v) is 12.8. The maximum atomic E-state index is 12.6. The summed E-state index contributed by atoms with van der Waals surface area (Å²) in [5, 5.41) is 0. The minimum atomic E-state index is 0.00892. The summed E-state index contributed by atoms with van der Waals surface area (Å²) in [6.45, 7) is 5.34. The Hall–Kier alpha value is -2.29. The topological polar surface area (TPSA) is 29.5 Å². The maximum Gasteiger partial charge on any atom is 0.257 e. The lowest BCUT2D eigenvalue weighted by Crippen LogP contribution is -2.30. The summed E-state index contributed by atoms with van der Waals surface area (Å²) in [5.74, 6) is 0.626. The van der Waals surface area contributed by atoms with Gasteiger partial charge in [-0.25, -0.2) is 0 Å². The highest BCUT2D eigenvalue weighted by Gasteiger charge is 2.18. The number of carbonyl (C=O) groups excluding carboxylic acids is 1. The summed E-state index contributed by atoms with van der Waals surface area (Å²) in [7, 11) is 1.59. The first-order valence-corrected chi connectivity index (χ1v) is 7.24. The molecule has 0 unspecified atom stereocenters. The van der Waals surface area contributed by atoms with Crippen molar-refractivity contribution in [2.75, 3.05) is 20.2 Å². The van der Waals surface area contributed by atoms with Gasteiger partial charge in [-0.2, -0.15) is 0 Å². The van der Waals surface area contributed by atoms with E-state index in [2.05, 4.69) is 0 Å². The summed E-state index contributed by atoms with van der Waals surface area (Å²) in [4.78, 5) is 14.4. The van der Waals surface area contributed by atoms with E-state index in [9.17, 15) is 4.79 Å². The average molecular weight is 283 g/mol. The molecule has 0 radical (unpaired) electrons. The predicted molar refractivity (Wildman–Crippen MR) is 85.7 cm³/mol. The third-order valence-corrected chi connectivity index (χ3v) is 3.59. The molecule has 110 valence electrons. The van der Waals surface area contributed by atoms with E-state index >= 15 is 0 Å². The molecule has 0 N–H and O–H groups in total. The number of hydrogen-bond acceptors (Lipinski definition) is 2. The van der Waals surface area contributed by atoms with Crippen molar-refractivity contribution in [3.8, 4) is 16.9 Å². The highest BCUT2D eigenvalue weighted by Crippen LogP contribution is 2.27. The summed E-state index contributed by atoms with van der Waals surface area (Å²) >= 11 is 0. The van der Waals surface area contributed by atoms with Gasteiger partial charge in [-0.05, 0) is 37.1 Å². The molecule has 0 saturated heterocycles. The van der Waals surface area contributed by atoms with Gasteiger partial charge in [-0.1, -0.05) is 36.4 Å². The van der Waals surface area contributed by atoms with Crippen LogP contribution in [-0.2, 0) is 0 Å². The first-order valence-electron chi connectivity index (χ1n) is 7.24. The van der Waals surface area contributed by atoms with Crippen LogP contribution in [0.15, 0.2) is 48.5 Å². The normalized spacial score (nSPS) is 10.2. The van der Waals surface area contributed by atoms with Crippen LogP contribution < -0.4 is 4.74 Å². The number of amides is 1. The summed E-state index contributed by atoms with van der Waals surface area (Å²) < 4.78 is 5.35. The van der Waals surface area contributed by atoms with Crippen LogP contribution in [0.4, 0.5) is 0 Å². The Bertz CT molecular complexity index is 604. The Kier molecular flexibility index (Phi) is 4.99. The first-order chi connectivity index (χ1) is 10.2. The monoisotopic (exact) mass is 283 g/mol. The van der Waals surface area contributed by atoms with E-state index in [1.54, 1.807) is 12.0 Å². The van der Waals surface area contributed by atoms with Crippen molar-refractivity contribution < 1.29 is 9.53 Å². The van der Waals surface area contributed by atoms with E-state index in [0.717, 1.165) is 11.1 Å². The van der Waals surface area contributed by atoms with Gasteiger partial charge in [0.1, 0.15) is 5.75 Å². The van der Waals surface area contributed by atoms with Crippen molar-refractivity contribution in [2.24, 2.45) is 0 Å². The highest BCUT2D eigenvalue weighted by molar-refractivity contribution is 5.98. The predicted octanol–water partition coefficient (Wildman–Crippen LogP) is 3.84. The van der Waals surface area contributed by atoms with Crippen molar-refractivity contribution in [2.45, 2.75) is 13.8 Å². The summed E-state index contributed by atoms with van der Waals surface area (Å²) in [6, 6.07) is 15.8. The standard InChI is InChI=1S/C18H21NO2/c1-4-19(5-2)18(20)16-13-15(11-12-17(16)21-3)14-9-7-6-8-10-14/h6-13H,4-5H2,1-3H3. The van der Waals surface area contributed by atoms with E-state index in [-0.39, 0.29) is 5.91 Å². The maximum absolute atomic E-state index is 12.6. The van der Waals surface area contributed by atoms with Gasteiger partial charge in [0.25, 0.3) is 5.91 Å². The molecular formula is C18H21NO2. The Morgan fingerprint density at radius 2 is 1.67 bits per heavy atom. The van der Waals surface area contributed by atoms with Gasteiger partial charge in [0.2, 0.25) is 0 Å². The van der Waals surface area contributed by atoms with E-state index in [0.29, 0.717) is 24.4 Å². The van der Waals surface area contributed by atoms with E-state index in [1.165, 1.54) is 0 Å². The van der Waals surface area contributed by atoms with Gasteiger partial charge in [0.15, 0.2) is 0 Å². The zero-order valence-electron chi connectivity index (χ0n) is 12.8. The van der Waals surface area contributed by atoms with Crippen molar-refractivity contribution in [1.29, 1.82) is 0 Å². The lowest BCUT2D eigenvalue weighted by Gasteiger charge is -2.20. The average Bonchev–Trinajstić information content (AvgIpc) is 2.56. The molecule has 1 amide bonds. The second-order valence-corrected chi connectivity index (χ2v) is 4.76. The quantitative estimate of drug-likeness (QED) is 0.834. The van der Waals surface area contributed by atoms with Crippen LogP contribution in [-0.4, -0.2) is 31.0 Å².